The third kappa shape index (κ3) is 6.78. The molecule has 0 spiro atoms. The second-order valence-corrected chi connectivity index (χ2v) is 10.8. The number of carbonyl (C=O) groups excluding carboxylic acids is 2. The molecule has 5 rings (SSSR count). The molecule has 0 aliphatic carbocycles. The van der Waals surface area contributed by atoms with Crippen molar-refractivity contribution in [2.45, 2.75) is 57.8 Å². The number of para-hydroxylation sites is 1. The average molecular weight is 547 g/mol. The van der Waals surface area contributed by atoms with Gasteiger partial charge in [0.1, 0.15) is 5.75 Å². The lowest BCUT2D eigenvalue weighted by Gasteiger charge is -2.44. The predicted molar refractivity (Wildman–Crippen MR) is 153 cm³/mol. The molecular formula is C31H35ClN4O3. The Hall–Kier alpha value is -3.42. The van der Waals surface area contributed by atoms with Crippen LogP contribution in [0, 0.1) is 0 Å². The predicted octanol–water partition coefficient (Wildman–Crippen LogP) is 5.32. The number of ether oxygens (including phenoxy) is 1. The fourth-order valence-electron chi connectivity index (χ4n) is 5.78. The minimum absolute atomic E-state index is 0.00859. The molecule has 2 aromatic carbocycles. The highest BCUT2D eigenvalue weighted by atomic mass is 35.5. The smallest absolute Gasteiger partial charge is 0.260 e. The summed E-state index contributed by atoms with van der Waals surface area (Å²) in [5, 5.41) is 0.618. The summed E-state index contributed by atoms with van der Waals surface area (Å²) in [6, 6.07) is 21.4. The van der Waals surface area contributed by atoms with Crippen LogP contribution in [0.4, 0.5) is 5.69 Å². The Morgan fingerprint density at radius 3 is 2.51 bits per heavy atom. The van der Waals surface area contributed by atoms with Crippen LogP contribution in [-0.2, 0) is 22.7 Å². The second-order valence-electron chi connectivity index (χ2n) is 10.3. The first-order valence-electron chi connectivity index (χ1n) is 13.7. The number of hydrogen-bond donors (Lipinski definition) is 0. The zero-order chi connectivity index (χ0) is 27.2. The SMILES string of the molecule is CC(=O)N1CCC2CCCC(CN(C(=O)COc3ccc(Cl)cc3)Cc3ccccc31)N2Cc1ccccn1. The molecule has 1 aromatic heterocycles. The van der Waals surface area contributed by atoms with Crippen molar-refractivity contribution in [2.75, 3.05) is 24.6 Å². The molecule has 0 N–H and O–H groups in total. The van der Waals surface area contributed by atoms with Crippen molar-refractivity contribution < 1.29 is 14.3 Å². The number of carbonyl (C=O) groups is 2. The van der Waals surface area contributed by atoms with E-state index < -0.39 is 0 Å². The summed E-state index contributed by atoms with van der Waals surface area (Å²) in [4.78, 5) is 37.4. The highest BCUT2D eigenvalue weighted by Gasteiger charge is 2.34. The van der Waals surface area contributed by atoms with Gasteiger partial charge in [-0.15, -0.1) is 0 Å². The van der Waals surface area contributed by atoms with Gasteiger partial charge in [0, 0.05) is 62.1 Å². The molecule has 3 heterocycles. The van der Waals surface area contributed by atoms with E-state index >= 15 is 0 Å². The normalized spacial score (nSPS) is 20.1. The van der Waals surface area contributed by atoms with E-state index in [0.29, 0.717) is 43.0 Å². The number of rotatable bonds is 5. The third-order valence-electron chi connectivity index (χ3n) is 7.75. The van der Waals surface area contributed by atoms with Crippen molar-refractivity contribution in [1.29, 1.82) is 0 Å². The Morgan fingerprint density at radius 1 is 0.974 bits per heavy atom. The van der Waals surface area contributed by atoms with Gasteiger partial charge in [-0.3, -0.25) is 19.5 Å². The molecule has 204 valence electrons. The van der Waals surface area contributed by atoms with E-state index in [0.717, 1.165) is 42.6 Å². The number of nitrogens with zero attached hydrogens (tertiary/aromatic N) is 4. The number of benzene rings is 2. The number of fused-ring (bicyclic) bond motifs is 3. The van der Waals surface area contributed by atoms with Crippen LogP contribution >= 0.6 is 11.6 Å². The number of piperidine rings is 1. The number of anilines is 1. The molecule has 39 heavy (non-hydrogen) atoms. The lowest BCUT2D eigenvalue weighted by molar-refractivity contribution is -0.135. The molecule has 1 fully saturated rings. The van der Waals surface area contributed by atoms with E-state index in [1.165, 1.54) is 0 Å². The number of pyridine rings is 1. The zero-order valence-electron chi connectivity index (χ0n) is 22.3. The van der Waals surface area contributed by atoms with Crippen molar-refractivity contribution in [3.63, 3.8) is 0 Å². The molecule has 2 atom stereocenters. The minimum atomic E-state index is -0.0896. The standard InChI is InChI=1S/C31H35ClN4O3/c1-23(37)35-18-16-27-9-6-10-28(36(27)20-26-8-4-5-17-33-26)21-34(19-24-7-2-3-11-30(24)35)31(38)22-39-29-14-12-25(32)13-15-29/h2-5,7-8,11-15,17,27-28H,6,9-10,16,18-22H2,1H3. The molecule has 2 aliphatic rings. The fourth-order valence-corrected chi connectivity index (χ4v) is 5.90. The van der Waals surface area contributed by atoms with Crippen LogP contribution in [-0.4, -0.2) is 58.4 Å². The topological polar surface area (TPSA) is 66.0 Å². The van der Waals surface area contributed by atoms with Gasteiger partial charge < -0.3 is 14.5 Å². The Balaban J connectivity index is 1.46. The number of hydrogen-bond acceptors (Lipinski definition) is 5. The van der Waals surface area contributed by atoms with Gasteiger partial charge in [-0.05, 0) is 67.3 Å². The summed E-state index contributed by atoms with van der Waals surface area (Å²) in [5.74, 6) is 0.519. The van der Waals surface area contributed by atoms with Gasteiger partial charge in [0.15, 0.2) is 6.61 Å². The third-order valence-corrected chi connectivity index (χ3v) is 8.00. The van der Waals surface area contributed by atoms with E-state index in [-0.39, 0.29) is 24.5 Å². The summed E-state index contributed by atoms with van der Waals surface area (Å²) in [7, 11) is 0. The van der Waals surface area contributed by atoms with Crippen LogP contribution in [0.25, 0.3) is 0 Å². The molecule has 2 bridgehead atoms. The van der Waals surface area contributed by atoms with Gasteiger partial charge in [0.2, 0.25) is 5.91 Å². The van der Waals surface area contributed by atoms with Gasteiger partial charge in [0.25, 0.3) is 5.91 Å². The molecule has 2 aliphatic heterocycles. The summed E-state index contributed by atoms with van der Waals surface area (Å²) in [6.07, 6.45) is 5.85. The fraction of sp³-hybridized carbons (Fsp3) is 0.387. The van der Waals surface area contributed by atoms with Crippen LogP contribution in [0.1, 0.15) is 43.9 Å². The van der Waals surface area contributed by atoms with E-state index in [9.17, 15) is 9.59 Å². The molecule has 7 nitrogen and oxygen atoms in total. The highest BCUT2D eigenvalue weighted by Crippen LogP contribution is 2.31. The molecule has 1 saturated heterocycles. The first kappa shape index (κ1) is 27.2. The summed E-state index contributed by atoms with van der Waals surface area (Å²) in [6.45, 7) is 3.88. The monoisotopic (exact) mass is 546 g/mol. The Morgan fingerprint density at radius 2 is 1.74 bits per heavy atom. The van der Waals surface area contributed by atoms with Gasteiger partial charge >= 0.3 is 0 Å². The van der Waals surface area contributed by atoms with Gasteiger partial charge in [0.05, 0.1) is 5.69 Å². The molecule has 3 aromatic rings. The van der Waals surface area contributed by atoms with E-state index in [1.54, 1.807) is 31.2 Å². The van der Waals surface area contributed by atoms with Crippen LogP contribution in [0.5, 0.6) is 5.75 Å². The molecule has 0 radical (unpaired) electrons. The van der Waals surface area contributed by atoms with Crippen molar-refractivity contribution in [2.24, 2.45) is 0 Å². The van der Waals surface area contributed by atoms with E-state index in [1.807, 2.05) is 52.4 Å². The molecular weight excluding hydrogens is 512 g/mol. The Kier molecular flexibility index (Phi) is 8.79. The van der Waals surface area contributed by atoms with Crippen LogP contribution in [0.3, 0.4) is 0 Å². The molecule has 2 amide bonds. The zero-order valence-corrected chi connectivity index (χ0v) is 23.1. The summed E-state index contributed by atoms with van der Waals surface area (Å²) < 4.78 is 5.86. The van der Waals surface area contributed by atoms with E-state index in [4.69, 9.17) is 16.3 Å². The average Bonchev–Trinajstić information content (AvgIpc) is 2.95. The van der Waals surface area contributed by atoms with Crippen LogP contribution in [0.2, 0.25) is 5.02 Å². The van der Waals surface area contributed by atoms with Gasteiger partial charge in [-0.1, -0.05) is 42.3 Å². The maximum Gasteiger partial charge on any atom is 0.260 e. The lowest BCUT2D eigenvalue weighted by atomic mass is 9.92. The Labute approximate surface area is 235 Å². The van der Waals surface area contributed by atoms with Crippen molar-refractivity contribution in [3.05, 3.63) is 89.2 Å². The first-order chi connectivity index (χ1) is 19.0. The van der Waals surface area contributed by atoms with Crippen molar-refractivity contribution >= 4 is 29.1 Å². The molecule has 2 unspecified atom stereocenters. The first-order valence-corrected chi connectivity index (χ1v) is 14.0. The molecule has 0 saturated carbocycles. The number of aromatic nitrogens is 1. The number of amides is 2. The maximum atomic E-state index is 13.7. The lowest BCUT2D eigenvalue weighted by Crippen LogP contribution is -2.52. The number of halogens is 1. The second kappa shape index (κ2) is 12.6. The molecule has 8 heteroatoms. The van der Waals surface area contributed by atoms with Crippen LogP contribution < -0.4 is 9.64 Å². The van der Waals surface area contributed by atoms with Crippen molar-refractivity contribution in [1.82, 2.24) is 14.8 Å². The maximum absolute atomic E-state index is 13.7. The van der Waals surface area contributed by atoms with Crippen LogP contribution in [0.15, 0.2) is 72.9 Å². The van der Waals surface area contributed by atoms with E-state index in [2.05, 4.69) is 16.0 Å². The van der Waals surface area contributed by atoms with Gasteiger partial charge in [-0.25, -0.2) is 0 Å². The minimum Gasteiger partial charge on any atom is -0.484 e. The summed E-state index contributed by atoms with van der Waals surface area (Å²) >= 11 is 6.01. The van der Waals surface area contributed by atoms with Gasteiger partial charge in [-0.2, -0.15) is 0 Å². The highest BCUT2D eigenvalue weighted by molar-refractivity contribution is 6.30. The largest absolute Gasteiger partial charge is 0.484 e. The Bertz CT molecular complexity index is 1270. The quantitative estimate of drug-likeness (QED) is 0.433. The van der Waals surface area contributed by atoms with Crippen molar-refractivity contribution in [3.8, 4) is 5.75 Å². The summed E-state index contributed by atoms with van der Waals surface area (Å²) in [5.41, 5.74) is 2.84.